The zero-order valence-corrected chi connectivity index (χ0v) is 10.3. The molecule has 0 aliphatic rings. The number of hydrogen-bond donors (Lipinski definition) is 2. The Morgan fingerprint density at radius 1 is 1.25 bits per heavy atom. The van der Waals surface area contributed by atoms with Gasteiger partial charge in [0.1, 0.15) is 11.6 Å². The number of hydrogen-bond acceptors (Lipinski definition) is 4. The van der Waals surface area contributed by atoms with Gasteiger partial charge in [-0.25, -0.2) is 9.97 Å². The van der Waals surface area contributed by atoms with Crippen LogP contribution in [0.25, 0.3) is 0 Å². The van der Waals surface area contributed by atoms with Crippen molar-refractivity contribution in [1.29, 1.82) is 0 Å². The Hall–Kier alpha value is -1.16. The smallest absolute Gasteiger partial charge is 0.129 e. The van der Waals surface area contributed by atoms with Crippen LogP contribution in [0.1, 0.15) is 37.7 Å². The molecule has 4 nitrogen and oxygen atoms in total. The molecule has 1 aromatic rings. The van der Waals surface area contributed by atoms with E-state index in [0.29, 0.717) is 0 Å². The highest BCUT2D eigenvalue weighted by Gasteiger charge is 1.99. The lowest BCUT2D eigenvalue weighted by atomic mass is 10.2. The van der Waals surface area contributed by atoms with Crippen molar-refractivity contribution in [3.05, 3.63) is 17.6 Å². The third-order valence-electron chi connectivity index (χ3n) is 2.44. The number of nitrogens with one attached hydrogen (secondary N) is 1. The molecule has 1 rings (SSSR count). The van der Waals surface area contributed by atoms with Gasteiger partial charge in [0.05, 0.1) is 0 Å². The highest BCUT2D eigenvalue weighted by Crippen LogP contribution is 2.07. The van der Waals surface area contributed by atoms with E-state index in [1.165, 1.54) is 6.42 Å². The third kappa shape index (κ3) is 4.57. The fourth-order valence-electron chi connectivity index (χ4n) is 1.56. The van der Waals surface area contributed by atoms with E-state index < -0.39 is 0 Å². The Balaban J connectivity index is 2.38. The molecule has 0 fully saturated rings. The molecule has 0 atom stereocenters. The van der Waals surface area contributed by atoms with Gasteiger partial charge in [-0.3, -0.25) is 0 Å². The summed E-state index contributed by atoms with van der Waals surface area (Å²) in [7, 11) is 0. The van der Waals surface area contributed by atoms with Crippen LogP contribution in [0.2, 0.25) is 0 Å². The maximum Gasteiger partial charge on any atom is 0.129 e. The average Bonchev–Trinajstić information content (AvgIpc) is 2.28. The fourth-order valence-corrected chi connectivity index (χ4v) is 1.56. The van der Waals surface area contributed by atoms with Gasteiger partial charge in [0.2, 0.25) is 0 Å². The first-order chi connectivity index (χ1) is 7.76. The molecule has 1 heterocycles. The van der Waals surface area contributed by atoms with Gasteiger partial charge >= 0.3 is 0 Å². The second kappa shape index (κ2) is 7.17. The highest BCUT2D eigenvalue weighted by atomic mass is 15.0. The number of aromatic nitrogens is 2. The molecule has 90 valence electrons. The molecule has 0 aromatic carbocycles. The second-order valence-electron chi connectivity index (χ2n) is 3.92. The number of anilines is 1. The zero-order valence-electron chi connectivity index (χ0n) is 10.3. The average molecular weight is 222 g/mol. The van der Waals surface area contributed by atoms with E-state index in [9.17, 15) is 0 Å². The van der Waals surface area contributed by atoms with Crippen LogP contribution in [0.3, 0.4) is 0 Å². The summed E-state index contributed by atoms with van der Waals surface area (Å²) in [6.45, 7) is 5.78. The van der Waals surface area contributed by atoms with Crippen molar-refractivity contribution >= 4 is 5.82 Å². The Labute approximate surface area is 97.7 Å². The van der Waals surface area contributed by atoms with E-state index in [-0.39, 0.29) is 0 Å². The predicted octanol–water partition coefficient (Wildman–Crippen LogP) is 1.89. The molecule has 0 amide bonds. The molecule has 3 N–H and O–H groups in total. The molecule has 1 aromatic heterocycles. The van der Waals surface area contributed by atoms with Crippen molar-refractivity contribution in [2.45, 2.75) is 39.5 Å². The van der Waals surface area contributed by atoms with Gasteiger partial charge in [0, 0.05) is 18.3 Å². The normalized spacial score (nSPS) is 10.4. The Morgan fingerprint density at radius 3 is 2.75 bits per heavy atom. The van der Waals surface area contributed by atoms with E-state index in [2.05, 4.69) is 22.2 Å². The molecule has 0 spiro atoms. The minimum atomic E-state index is 0.784. The maximum absolute atomic E-state index is 5.44. The summed E-state index contributed by atoms with van der Waals surface area (Å²) < 4.78 is 0. The van der Waals surface area contributed by atoms with E-state index >= 15 is 0 Å². The van der Waals surface area contributed by atoms with Crippen LogP contribution >= 0.6 is 0 Å². The van der Waals surface area contributed by atoms with E-state index in [1.54, 1.807) is 0 Å². The molecule has 0 unspecified atom stereocenters. The monoisotopic (exact) mass is 222 g/mol. The predicted molar refractivity (Wildman–Crippen MR) is 67.5 cm³/mol. The maximum atomic E-state index is 5.44. The first-order valence-electron chi connectivity index (χ1n) is 6.04. The molecule has 16 heavy (non-hydrogen) atoms. The van der Waals surface area contributed by atoms with Crippen molar-refractivity contribution in [2.24, 2.45) is 5.73 Å². The van der Waals surface area contributed by atoms with E-state index in [1.807, 2.05) is 13.0 Å². The molecule has 0 aliphatic heterocycles. The second-order valence-corrected chi connectivity index (χ2v) is 3.92. The number of aryl methyl sites for hydroxylation is 2. The summed E-state index contributed by atoms with van der Waals surface area (Å²) >= 11 is 0. The van der Waals surface area contributed by atoms with Crippen LogP contribution in [-0.2, 0) is 6.42 Å². The summed E-state index contributed by atoms with van der Waals surface area (Å²) in [4.78, 5) is 8.70. The zero-order chi connectivity index (χ0) is 11.8. The van der Waals surface area contributed by atoms with Crippen molar-refractivity contribution in [3.8, 4) is 0 Å². The summed E-state index contributed by atoms with van der Waals surface area (Å²) in [6, 6.07) is 2.02. The summed E-state index contributed by atoms with van der Waals surface area (Å²) in [5, 5.41) is 3.33. The van der Waals surface area contributed by atoms with Crippen LogP contribution in [0.15, 0.2) is 6.07 Å². The molecule has 0 saturated heterocycles. The van der Waals surface area contributed by atoms with Crippen LogP contribution < -0.4 is 11.1 Å². The van der Waals surface area contributed by atoms with Crippen molar-refractivity contribution in [2.75, 3.05) is 18.4 Å². The Bertz CT molecular complexity index is 312. The van der Waals surface area contributed by atoms with Crippen LogP contribution in [0.5, 0.6) is 0 Å². The lowest BCUT2D eigenvalue weighted by Crippen LogP contribution is -2.07. The van der Waals surface area contributed by atoms with Gasteiger partial charge in [-0.05, 0) is 32.7 Å². The van der Waals surface area contributed by atoms with Gasteiger partial charge in [-0.2, -0.15) is 0 Å². The summed E-state index contributed by atoms with van der Waals surface area (Å²) in [5.74, 6) is 1.78. The van der Waals surface area contributed by atoms with Crippen LogP contribution in [0.4, 0.5) is 5.82 Å². The van der Waals surface area contributed by atoms with Gasteiger partial charge in [0.15, 0.2) is 0 Å². The first kappa shape index (κ1) is 12.9. The summed E-state index contributed by atoms with van der Waals surface area (Å²) in [5.41, 5.74) is 6.53. The minimum Gasteiger partial charge on any atom is -0.370 e. The SMILES string of the molecule is CCc1cc(NCCCCCN)nc(C)n1. The Kier molecular flexibility index (Phi) is 5.78. The molecule has 0 aliphatic carbocycles. The highest BCUT2D eigenvalue weighted by molar-refractivity contribution is 5.35. The number of nitrogens with zero attached hydrogens (tertiary/aromatic N) is 2. The van der Waals surface area contributed by atoms with Gasteiger partial charge in [-0.15, -0.1) is 0 Å². The molecule has 0 saturated carbocycles. The van der Waals surface area contributed by atoms with Crippen molar-refractivity contribution in [1.82, 2.24) is 9.97 Å². The number of rotatable bonds is 7. The lowest BCUT2D eigenvalue weighted by molar-refractivity contribution is 0.706. The van der Waals surface area contributed by atoms with Crippen molar-refractivity contribution in [3.63, 3.8) is 0 Å². The Morgan fingerprint density at radius 2 is 2.06 bits per heavy atom. The topological polar surface area (TPSA) is 63.8 Å². The van der Waals surface area contributed by atoms with Crippen LogP contribution in [0, 0.1) is 6.92 Å². The number of nitrogens with two attached hydrogens (primary N) is 1. The standard InChI is InChI=1S/C12H22N4/c1-3-11-9-12(16-10(2)15-11)14-8-6-4-5-7-13/h9H,3-8,13H2,1-2H3,(H,14,15,16). The van der Waals surface area contributed by atoms with Gasteiger partial charge < -0.3 is 11.1 Å². The van der Waals surface area contributed by atoms with Gasteiger partial charge in [-0.1, -0.05) is 13.3 Å². The molecule has 4 heteroatoms. The van der Waals surface area contributed by atoms with Gasteiger partial charge in [0.25, 0.3) is 0 Å². The minimum absolute atomic E-state index is 0.784. The quantitative estimate of drug-likeness (QED) is 0.691. The van der Waals surface area contributed by atoms with E-state index in [0.717, 1.165) is 49.7 Å². The molecular formula is C12H22N4. The third-order valence-corrected chi connectivity index (χ3v) is 2.44. The van der Waals surface area contributed by atoms with Crippen molar-refractivity contribution < 1.29 is 0 Å². The first-order valence-corrected chi connectivity index (χ1v) is 6.04. The van der Waals surface area contributed by atoms with E-state index in [4.69, 9.17) is 5.73 Å². The fraction of sp³-hybridized carbons (Fsp3) is 0.667. The lowest BCUT2D eigenvalue weighted by Gasteiger charge is -2.07. The number of unbranched alkanes of at least 4 members (excludes halogenated alkanes) is 2. The molecule has 0 bridgehead atoms. The van der Waals surface area contributed by atoms with Crippen LogP contribution in [-0.4, -0.2) is 23.1 Å². The largest absolute Gasteiger partial charge is 0.370 e. The molecule has 0 radical (unpaired) electrons. The molecular weight excluding hydrogens is 200 g/mol. The summed E-state index contributed by atoms with van der Waals surface area (Å²) in [6.07, 6.45) is 4.37.